The summed E-state index contributed by atoms with van der Waals surface area (Å²) in [7, 11) is 0. The van der Waals surface area contributed by atoms with Crippen LogP contribution in [0.4, 0.5) is 5.82 Å². The SMILES string of the molecule is CCOC(=O)CCNc1nccn(CC)c1=O. The number of hydrogen-bond acceptors (Lipinski definition) is 5. The number of esters is 1. The quantitative estimate of drug-likeness (QED) is 0.737. The van der Waals surface area contributed by atoms with Gasteiger partial charge in [-0.1, -0.05) is 0 Å². The number of ether oxygens (including phenoxy) is 1. The van der Waals surface area contributed by atoms with Gasteiger partial charge in [-0.3, -0.25) is 9.59 Å². The molecule has 94 valence electrons. The first-order valence-corrected chi connectivity index (χ1v) is 5.64. The minimum absolute atomic E-state index is 0.182. The van der Waals surface area contributed by atoms with Crippen molar-refractivity contribution in [3.05, 3.63) is 22.7 Å². The molecule has 0 unspecified atom stereocenters. The van der Waals surface area contributed by atoms with Gasteiger partial charge in [-0.05, 0) is 13.8 Å². The summed E-state index contributed by atoms with van der Waals surface area (Å²) in [5.74, 6) is -0.0228. The molecule has 0 saturated heterocycles. The van der Waals surface area contributed by atoms with Crippen molar-refractivity contribution >= 4 is 11.8 Å². The lowest BCUT2D eigenvalue weighted by atomic mass is 10.4. The molecule has 0 spiro atoms. The van der Waals surface area contributed by atoms with Crippen molar-refractivity contribution < 1.29 is 9.53 Å². The zero-order valence-corrected chi connectivity index (χ0v) is 10.1. The highest BCUT2D eigenvalue weighted by molar-refractivity contribution is 5.69. The van der Waals surface area contributed by atoms with Crippen LogP contribution in [0.25, 0.3) is 0 Å². The van der Waals surface area contributed by atoms with Crippen molar-refractivity contribution in [1.29, 1.82) is 0 Å². The molecule has 0 bridgehead atoms. The number of carbonyl (C=O) groups excluding carboxylic acids is 1. The number of aromatic nitrogens is 2. The molecule has 0 radical (unpaired) electrons. The Morgan fingerprint density at radius 3 is 2.94 bits per heavy atom. The largest absolute Gasteiger partial charge is 0.466 e. The van der Waals surface area contributed by atoms with Gasteiger partial charge >= 0.3 is 5.97 Å². The predicted octanol–water partition coefficient (Wildman–Crippen LogP) is 0.628. The van der Waals surface area contributed by atoms with E-state index in [0.717, 1.165) is 0 Å². The highest BCUT2D eigenvalue weighted by atomic mass is 16.5. The summed E-state index contributed by atoms with van der Waals surface area (Å²) >= 11 is 0. The molecule has 0 amide bonds. The fourth-order valence-electron chi connectivity index (χ4n) is 1.33. The van der Waals surface area contributed by atoms with Gasteiger partial charge in [-0.15, -0.1) is 0 Å². The second-order valence-electron chi connectivity index (χ2n) is 3.35. The van der Waals surface area contributed by atoms with Crippen LogP contribution in [0.5, 0.6) is 0 Å². The number of carbonyl (C=O) groups is 1. The smallest absolute Gasteiger partial charge is 0.307 e. The Bertz CT molecular complexity index is 428. The monoisotopic (exact) mass is 239 g/mol. The van der Waals surface area contributed by atoms with E-state index >= 15 is 0 Å². The predicted molar refractivity (Wildman–Crippen MR) is 63.9 cm³/mol. The minimum atomic E-state index is -0.285. The van der Waals surface area contributed by atoms with Crippen molar-refractivity contribution in [2.75, 3.05) is 18.5 Å². The Balaban J connectivity index is 2.52. The summed E-state index contributed by atoms with van der Waals surface area (Å²) in [5, 5.41) is 2.83. The molecule has 6 heteroatoms. The van der Waals surface area contributed by atoms with Gasteiger partial charge < -0.3 is 14.6 Å². The normalized spacial score (nSPS) is 10.0. The van der Waals surface area contributed by atoms with E-state index in [1.807, 2.05) is 6.92 Å². The second-order valence-corrected chi connectivity index (χ2v) is 3.35. The summed E-state index contributed by atoms with van der Waals surface area (Å²) in [4.78, 5) is 26.7. The van der Waals surface area contributed by atoms with Crippen LogP contribution >= 0.6 is 0 Å². The molecular weight excluding hydrogens is 222 g/mol. The summed E-state index contributed by atoms with van der Waals surface area (Å²) in [5.41, 5.74) is -0.182. The van der Waals surface area contributed by atoms with Crippen LogP contribution in [0.3, 0.4) is 0 Å². The van der Waals surface area contributed by atoms with Crippen molar-refractivity contribution in [1.82, 2.24) is 9.55 Å². The lowest BCUT2D eigenvalue weighted by Crippen LogP contribution is -2.24. The molecule has 0 fully saturated rings. The molecule has 0 aliphatic heterocycles. The molecule has 1 N–H and O–H groups in total. The van der Waals surface area contributed by atoms with Gasteiger partial charge in [-0.2, -0.15) is 0 Å². The van der Waals surface area contributed by atoms with Crippen LogP contribution in [0.15, 0.2) is 17.2 Å². The van der Waals surface area contributed by atoms with Crippen molar-refractivity contribution in [2.45, 2.75) is 26.8 Å². The minimum Gasteiger partial charge on any atom is -0.466 e. The van der Waals surface area contributed by atoms with Crippen LogP contribution in [-0.2, 0) is 16.1 Å². The van der Waals surface area contributed by atoms with Crippen molar-refractivity contribution in [2.24, 2.45) is 0 Å². The van der Waals surface area contributed by atoms with E-state index in [2.05, 4.69) is 10.3 Å². The highest BCUT2D eigenvalue weighted by Crippen LogP contribution is 1.94. The average molecular weight is 239 g/mol. The fourth-order valence-corrected chi connectivity index (χ4v) is 1.33. The third-order valence-electron chi connectivity index (χ3n) is 2.18. The van der Waals surface area contributed by atoms with Gasteiger partial charge in [-0.25, -0.2) is 4.98 Å². The van der Waals surface area contributed by atoms with Gasteiger partial charge in [0.2, 0.25) is 0 Å². The Kier molecular flexibility index (Phi) is 5.19. The topological polar surface area (TPSA) is 73.2 Å². The van der Waals surface area contributed by atoms with Crippen molar-refractivity contribution in [3.63, 3.8) is 0 Å². The first-order chi connectivity index (χ1) is 8.19. The Labute approximate surface area is 99.6 Å². The maximum Gasteiger partial charge on any atom is 0.307 e. The molecule has 0 aliphatic rings. The maximum absolute atomic E-state index is 11.7. The zero-order valence-electron chi connectivity index (χ0n) is 10.1. The van der Waals surface area contributed by atoms with E-state index in [0.29, 0.717) is 19.7 Å². The molecule has 0 atom stereocenters. The van der Waals surface area contributed by atoms with E-state index in [1.165, 1.54) is 0 Å². The van der Waals surface area contributed by atoms with E-state index in [9.17, 15) is 9.59 Å². The lowest BCUT2D eigenvalue weighted by Gasteiger charge is -2.06. The first kappa shape index (κ1) is 13.2. The van der Waals surface area contributed by atoms with Gasteiger partial charge in [0.15, 0.2) is 5.82 Å². The van der Waals surface area contributed by atoms with Crippen LogP contribution in [0.1, 0.15) is 20.3 Å². The van der Waals surface area contributed by atoms with Gasteiger partial charge in [0.25, 0.3) is 5.56 Å². The summed E-state index contributed by atoms with van der Waals surface area (Å²) in [6.45, 7) is 4.93. The van der Waals surface area contributed by atoms with Gasteiger partial charge in [0, 0.05) is 25.5 Å². The fraction of sp³-hybridized carbons (Fsp3) is 0.545. The van der Waals surface area contributed by atoms with Crippen LogP contribution in [-0.4, -0.2) is 28.7 Å². The van der Waals surface area contributed by atoms with Gasteiger partial charge in [0.1, 0.15) is 0 Å². The number of aryl methyl sites for hydroxylation is 1. The summed E-state index contributed by atoms with van der Waals surface area (Å²) < 4.78 is 6.31. The van der Waals surface area contributed by atoms with Crippen LogP contribution in [0, 0.1) is 0 Å². The van der Waals surface area contributed by atoms with Crippen LogP contribution < -0.4 is 10.9 Å². The van der Waals surface area contributed by atoms with E-state index in [1.54, 1.807) is 23.9 Å². The molecule has 1 rings (SSSR count). The average Bonchev–Trinajstić information content (AvgIpc) is 2.32. The summed E-state index contributed by atoms with van der Waals surface area (Å²) in [6, 6.07) is 0. The number of rotatable bonds is 6. The van der Waals surface area contributed by atoms with E-state index < -0.39 is 0 Å². The number of anilines is 1. The first-order valence-electron chi connectivity index (χ1n) is 5.64. The molecule has 1 heterocycles. The molecule has 0 aromatic carbocycles. The zero-order chi connectivity index (χ0) is 12.7. The molecule has 6 nitrogen and oxygen atoms in total. The number of hydrogen-bond donors (Lipinski definition) is 1. The second kappa shape index (κ2) is 6.67. The Hall–Kier alpha value is -1.85. The van der Waals surface area contributed by atoms with Crippen molar-refractivity contribution in [3.8, 4) is 0 Å². The maximum atomic E-state index is 11.7. The highest BCUT2D eigenvalue weighted by Gasteiger charge is 2.05. The number of nitrogens with zero attached hydrogens (tertiary/aromatic N) is 2. The van der Waals surface area contributed by atoms with E-state index in [4.69, 9.17) is 4.74 Å². The molecule has 1 aromatic heterocycles. The molecule has 0 saturated carbocycles. The Morgan fingerprint density at radius 1 is 1.53 bits per heavy atom. The molecule has 1 aromatic rings. The lowest BCUT2D eigenvalue weighted by molar-refractivity contribution is -0.142. The Morgan fingerprint density at radius 2 is 2.29 bits per heavy atom. The molecular formula is C11H17N3O3. The standard InChI is InChI=1S/C11H17N3O3/c1-3-14-8-7-13-10(11(14)16)12-6-5-9(15)17-4-2/h7-8H,3-6H2,1-2H3,(H,12,13). The third kappa shape index (κ3) is 3.90. The summed E-state index contributed by atoms with van der Waals surface area (Å²) in [6.07, 6.45) is 3.40. The van der Waals surface area contributed by atoms with Gasteiger partial charge in [0.05, 0.1) is 13.0 Å². The molecule has 0 aliphatic carbocycles. The van der Waals surface area contributed by atoms with Crippen LogP contribution in [0.2, 0.25) is 0 Å². The third-order valence-corrected chi connectivity index (χ3v) is 2.18. The number of nitrogens with one attached hydrogen (secondary N) is 1. The van der Waals surface area contributed by atoms with E-state index in [-0.39, 0.29) is 23.8 Å². The molecule has 17 heavy (non-hydrogen) atoms.